The predicted molar refractivity (Wildman–Crippen MR) is 94.2 cm³/mol. The van der Waals surface area contributed by atoms with Crippen LogP contribution < -0.4 is 0 Å². The van der Waals surface area contributed by atoms with Gasteiger partial charge in [0.05, 0.1) is 0 Å². The van der Waals surface area contributed by atoms with Crippen molar-refractivity contribution in [3.8, 4) is 0 Å². The van der Waals surface area contributed by atoms with E-state index >= 15 is 0 Å². The van der Waals surface area contributed by atoms with Crippen molar-refractivity contribution in [2.24, 2.45) is 5.92 Å². The highest BCUT2D eigenvalue weighted by Crippen LogP contribution is 2.27. The molecule has 0 bridgehead atoms. The molecule has 3 rings (SSSR count). The molecule has 0 unspecified atom stereocenters. The van der Waals surface area contributed by atoms with E-state index in [9.17, 15) is 4.79 Å². The van der Waals surface area contributed by atoms with Crippen LogP contribution in [0.2, 0.25) is 0 Å². The summed E-state index contributed by atoms with van der Waals surface area (Å²) >= 11 is 0. The van der Waals surface area contributed by atoms with Crippen LogP contribution in [0.15, 0.2) is 24.3 Å². The van der Waals surface area contributed by atoms with Crippen molar-refractivity contribution in [3.05, 3.63) is 35.4 Å². The van der Waals surface area contributed by atoms with Gasteiger partial charge in [0.25, 0.3) is 0 Å². The molecule has 1 saturated heterocycles. The molecule has 2 aliphatic rings. The normalized spacial score (nSPS) is 20.7. The van der Waals surface area contributed by atoms with Gasteiger partial charge in [0.15, 0.2) is 0 Å². The molecule has 3 heteroatoms. The average molecular weight is 314 g/mol. The third-order valence-electron chi connectivity index (χ3n) is 5.57. The fourth-order valence-electron chi connectivity index (χ4n) is 3.95. The van der Waals surface area contributed by atoms with Crippen LogP contribution in [-0.2, 0) is 11.3 Å². The molecule has 0 spiro atoms. The molecule has 0 atom stereocenters. The fraction of sp³-hybridized carbons (Fsp3) is 0.650. The fourth-order valence-corrected chi connectivity index (χ4v) is 3.95. The van der Waals surface area contributed by atoms with E-state index in [0.717, 1.165) is 39.1 Å². The molecule has 1 aliphatic carbocycles. The molecule has 1 saturated carbocycles. The molecule has 126 valence electrons. The van der Waals surface area contributed by atoms with Crippen molar-refractivity contribution in [1.29, 1.82) is 0 Å². The van der Waals surface area contributed by atoms with Crippen molar-refractivity contribution in [2.75, 3.05) is 26.2 Å². The van der Waals surface area contributed by atoms with E-state index in [1.165, 1.54) is 43.2 Å². The standard InChI is InChI=1S/C20H30N2O/c1-17-7-5-6-10-19(17)16-21-11-13-22(14-12-21)20(23)15-18-8-3-2-4-9-18/h5-7,10,18H,2-4,8-9,11-16H2,1H3. The van der Waals surface area contributed by atoms with Crippen LogP contribution in [0, 0.1) is 12.8 Å². The van der Waals surface area contributed by atoms with Gasteiger partial charge in [0, 0.05) is 39.1 Å². The third kappa shape index (κ3) is 4.57. The van der Waals surface area contributed by atoms with Gasteiger partial charge < -0.3 is 4.90 Å². The Morgan fingerprint density at radius 3 is 2.43 bits per heavy atom. The SMILES string of the molecule is Cc1ccccc1CN1CCN(C(=O)CC2CCCCC2)CC1. The van der Waals surface area contributed by atoms with Gasteiger partial charge in [-0.2, -0.15) is 0 Å². The van der Waals surface area contributed by atoms with Gasteiger partial charge in [0.2, 0.25) is 5.91 Å². The monoisotopic (exact) mass is 314 g/mol. The van der Waals surface area contributed by atoms with E-state index in [2.05, 4.69) is 41.0 Å². The number of amides is 1. The number of rotatable bonds is 4. The Kier molecular flexibility index (Phi) is 5.71. The lowest BCUT2D eigenvalue weighted by molar-refractivity contribution is -0.134. The highest BCUT2D eigenvalue weighted by atomic mass is 16.2. The summed E-state index contributed by atoms with van der Waals surface area (Å²) in [7, 11) is 0. The smallest absolute Gasteiger partial charge is 0.222 e. The second-order valence-electron chi connectivity index (χ2n) is 7.29. The average Bonchev–Trinajstić information content (AvgIpc) is 2.58. The number of nitrogens with zero attached hydrogens (tertiary/aromatic N) is 2. The Balaban J connectivity index is 1.44. The lowest BCUT2D eigenvalue weighted by Crippen LogP contribution is -2.48. The summed E-state index contributed by atoms with van der Waals surface area (Å²) in [4.78, 5) is 17.1. The first kappa shape index (κ1) is 16.5. The molecule has 3 nitrogen and oxygen atoms in total. The molecule has 0 radical (unpaired) electrons. The Labute approximate surface area is 140 Å². The summed E-state index contributed by atoms with van der Waals surface area (Å²) in [5.41, 5.74) is 2.78. The Morgan fingerprint density at radius 1 is 1.04 bits per heavy atom. The zero-order chi connectivity index (χ0) is 16.1. The van der Waals surface area contributed by atoms with Crippen molar-refractivity contribution in [2.45, 2.75) is 52.0 Å². The summed E-state index contributed by atoms with van der Waals surface area (Å²) in [5, 5.41) is 0. The van der Waals surface area contributed by atoms with Crippen LogP contribution in [0.5, 0.6) is 0 Å². The maximum atomic E-state index is 12.5. The minimum atomic E-state index is 0.396. The van der Waals surface area contributed by atoms with Gasteiger partial charge >= 0.3 is 0 Å². The summed E-state index contributed by atoms with van der Waals surface area (Å²) in [5.74, 6) is 1.05. The molecule has 1 amide bonds. The maximum Gasteiger partial charge on any atom is 0.222 e. The minimum Gasteiger partial charge on any atom is -0.340 e. The van der Waals surface area contributed by atoms with Crippen LogP contribution in [0.3, 0.4) is 0 Å². The van der Waals surface area contributed by atoms with Gasteiger partial charge in [-0.15, -0.1) is 0 Å². The largest absolute Gasteiger partial charge is 0.340 e. The summed E-state index contributed by atoms with van der Waals surface area (Å²) in [6, 6.07) is 8.61. The van der Waals surface area contributed by atoms with Gasteiger partial charge in [0.1, 0.15) is 0 Å². The molecule has 1 heterocycles. The first-order chi connectivity index (χ1) is 11.2. The van der Waals surface area contributed by atoms with Gasteiger partial charge in [-0.3, -0.25) is 9.69 Å². The summed E-state index contributed by atoms with van der Waals surface area (Å²) < 4.78 is 0. The summed E-state index contributed by atoms with van der Waals surface area (Å²) in [6.07, 6.45) is 7.32. The van der Waals surface area contributed by atoms with Crippen LogP contribution in [0.1, 0.15) is 49.7 Å². The number of carbonyl (C=O) groups is 1. The molecule has 1 aromatic rings. The molecule has 1 aliphatic heterocycles. The molecule has 0 N–H and O–H groups in total. The van der Waals surface area contributed by atoms with Crippen LogP contribution in [0.25, 0.3) is 0 Å². The van der Waals surface area contributed by atoms with Crippen molar-refractivity contribution in [3.63, 3.8) is 0 Å². The minimum absolute atomic E-state index is 0.396. The second-order valence-corrected chi connectivity index (χ2v) is 7.29. The molecule has 2 fully saturated rings. The molecular weight excluding hydrogens is 284 g/mol. The van der Waals surface area contributed by atoms with E-state index in [0.29, 0.717) is 11.8 Å². The van der Waals surface area contributed by atoms with Gasteiger partial charge in [-0.25, -0.2) is 0 Å². The molecule has 0 aromatic heterocycles. The Bertz CT molecular complexity index is 514. The third-order valence-corrected chi connectivity index (χ3v) is 5.57. The number of carbonyl (C=O) groups excluding carboxylic acids is 1. The summed E-state index contributed by atoms with van der Waals surface area (Å²) in [6.45, 7) is 7.00. The lowest BCUT2D eigenvalue weighted by Gasteiger charge is -2.36. The maximum absolute atomic E-state index is 12.5. The highest BCUT2D eigenvalue weighted by Gasteiger charge is 2.24. The van der Waals surface area contributed by atoms with Crippen LogP contribution in [-0.4, -0.2) is 41.9 Å². The zero-order valence-electron chi connectivity index (χ0n) is 14.5. The second kappa shape index (κ2) is 7.96. The van der Waals surface area contributed by atoms with Crippen molar-refractivity contribution < 1.29 is 4.79 Å². The van der Waals surface area contributed by atoms with Crippen molar-refractivity contribution >= 4 is 5.91 Å². The number of aryl methyl sites for hydroxylation is 1. The Hall–Kier alpha value is -1.35. The van der Waals surface area contributed by atoms with Crippen LogP contribution in [0.4, 0.5) is 0 Å². The van der Waals surface area contributed by atoms with E-state index in [4.69, 9.17) is 0 Å². The number of hydrogen-bond acceptors (Lipinski definition) is 2. The Morgan fingerprint density at radius 2 is 1.74 bits per heavy atom. The number of piperazine rings is 1. The van der Waals surface area contributed by atoms with Crippen LogP contribution >= 0.6 is 0 Å². The first-order valence-corrected chi connectivity index (χ1v) is 9.27. The van der Waals surface area contributed by atoms with E-state index < -0.39 is 0 Å². The number of benzene rings is 1. The zero-order valence-corrected chi connectivity index (χ0v) is 14.5. The van der Waals surface area contributed by atoms with E-state index in [1.807, 2.05) is 0 Å². The quantitative estimate of drug-likeness (QED) is 0.847. The van der Waals surface area contributed by atoms with E-state index in [1.54, 1.807) is 0 Å². The molecule has 23 heavy (non-hydrogen) atoms. The number of hydrogen-bond donors (Lipinski definition) is 0. The van der Waals surface area contributed by atoms with Gasteiger partial charge in [-0.05, 0) is 36.8 Å². The first-order valence-electron chi connectivity index (χ1n) is 9.27. The lowest BCUT2D eigenvalue weighted by atomic mass is 9.86. The van der Waals surface area contributed by atoms with Gasteiger partial charge in [-0.1, -0.05) is 43.5 Å². The highest BCUT2D eigenvalue weighted by molar-refractivity contribution is 5.76. The molecular formula is C20H30N2O. The topological polar surface area (TPSA) is 23.6 Å². The van der Waals surface area contributed by atoms with Crippen molar-refractivity contribution in [1.82, 2.24) is 9.80 Å². The molecule has 1 aromatic carbocycles. The van der Waals surface area contributed by atoms with E-state index in [-0.39, 0.29) is 0 Å². The predicted octanol–water partition coefficient (Wildman–Crippen LogP) is 3.61.